The lowest BCUT2D eigenvalue weighted by Crippen LogP contribution is -2.03. The fourth-order valence-electron chi connectivity index (χ4n) is 2.53. The predicted molar refractivity (Wildman–Crippen MR) is 112 cm³/mol. The van der Waals surface area contributed by atoms with Crippen LogP contribution >= 0.6 is 15.9 Å². The van der Waals surface area contributed by atoms with Gasteiger partial charge in [-0.25, -0.2) is 4.79 Å². The number of benzene rings is 3. The molecule has 0 aliphatic carbocycles. The van der Waals surface area contributed by atoms with Crippen LogP contribution in [0.5, 0.6) is 5.75 Å². The Kier molecular flexibility index (Phi) is 6.81. The fourth-order valence-corrected chi connectivity index (χ4v) is 2.97. The first kappa shape index (κ1) is 19.6. The Labute approximate surface area is 171 Å². The topological polar surface area (TPSA) is 68.1 Å². The fraction of sp³-hybridized carbons (Fsp3) is 0.0909. The summed E-state index contributed by atoms with van der Waals surface area (Å²) in [6, 6.07) is 23.6. The van der Waals surface area contributed by atoms with Gasteiger partial charge in [-0.2, -0.15) is 0 Å². The van der Waals surface area contributed by atoms with E-state index in [2.05, 4.69) is 25.9 Å². The Morgan fingerprint density at radius 2 is 1.79 bits per heavy atom. The number of carbonyl (C=O) groups is 1. The largest absolute Gasteiger partial charge is 0.489 e. The summed E-state index contributed by atoms with van der Waals surface area (Å²) in [4.78, 5) is 15.1. The smallest absolute Gasteiger partial charge is 0.344 e. The molecule has 0 unspecified atom stereocenters. The molecular weight excluding hydrogens is 422 g/mol. The highest BCUT2D eigenvalue weighted by Crippen LogP contribution is 2.24. The third kappa shape index (κ3) is 5.96. The maximum atomic E-state index is 10.4. The molecule has 0 radical (unpaired) electrons. The van der Waals surface area contributed by atoms with Gasteiger partial charge in [0.15, 0.2) is 0 Å². The van der Waals surface area contributed by atoms with Crippen LogP contribution in [-0.4, -0.2) is 23.9 Å². The summed E-state index contributed by atoms with van der Waals surface area (Å²) in [6.45, 7) is 0.0403. The Bertz CT molecular complexity index is 970. The minimum Gasteiger partial charge on any atom is -0.489 e. The van der Waals surface area contributed by atoms with Crippen LogP contribution in [0.1, 0.15) is 11.1 Å². The van der Waals surface area contributed by atoms with Gasteiger partial charge in [0.2, 0.25) is 6.61 Å². The lowest BCUT2D eigenvalue weighted by molar-refractivity contribution is -0.142. The monoisotopic (exact) mass is 439 g/mol. The first-order valence-corrected chi connectivity index (χ1v) is 9.34. The van der Waals surface area contributed by atoms with Crippen LogP contribution in [0.25, 0.3) is 11.1 Å². The number of ether oxygens (including phenoxy) is 1. The molecule has 0 aromatic heterocycles. The number of oxime groups is 1. The summed E-state index contributed by atoms with van der Waals surface area (Å²) in [6.07, 6.45) is 1.49. The van der Waals surface area contributed by atoms with Crippen LogP contribution in [0.2, 0.25) is 0 Å². The van der Waals surface area contributed by atoms with E-state index < -0.39 is 12.6 Å². The summed E-state index contributed by atoms with van der Waals surface area (Å²) >= 11 is 3.46. The van der Waals surface area contributed by atoms with Crippen molar-refractivity contribution in [3.05, 3.63) is 88.4 Å². The number of nitrogens with zero attached hydrogens (tertiary/aromatic N) is 1. The zero-order chi connectivity index (χ0) is 19.8. The maximum Gasteiger partial charge on any atom is 0.344 e. The molecule has 5 nitrogen and oxygen atoms in total. The number of halogens is 1. The molecule has 6 heteroatoms. The minimum absolute atomic E-state index is 0.461. The summed E-state index contributed by atoms with van der Waals surface area (Å²) in [5, 5.41) is 12.2. The van der Waals surface area contributed by atoms with Crippen molar-refractivity contribution in [2.75, 3.05) is 6.61 Å². The van der Waals surface area contributed by atoms with Crippen LogP contribution in [0.15, 0.2) is 82.4 Å². The van der Waals surface area contributed by atoms with Crippen molar-refractivity contribution >= 4 is 28.1 Å². The lowest BCUT2D eigenvalue weighted by Gasteiger charge is -2.08. The van der Waals surface area contributed by atoms with Crippen molar-refractivity contribution < 1.29 is 19.5 Å². The van der Waals surface area contributed by atoms with E-state index in [1.165, 1.54) is 6.21 Å². The molecule has 0 amide bonds. The summed E-state index contributed by atoms with van der Waals surface area (Å²) < 4.78 is 6.87. The van der Waals surface area contributed by atoms with Crippen molar-refractivity contribution in [1.29, 1.82) is 0 Å². The first-order valence-electron chi connectivity index (χ1n) is 8.55. The Balaban J connectivity index is 1.63. The number of carboxylic acid groups (broad SMARTS) is 1. The van der Waals surface area contributed by atoms with E-state index in [1.54, 1.807) is 0 Å². The molecule has 0 atom stereocenters. The third-order valence-electron chi connectivity index (χ3n) is 3.83. The number of hydrogen-bond acceptors (Lipinski definition) is 4. The number of hydrogen-bond donors (Lipinski definition) is 1. The van der Waals surface area contributed by atoms with Crippen molar-refractivity contribution in [2.24, 2.45) is 5.16 Å². The molecule has 1 N–H and O–H groups in total. The van der Waals surface area contributed by atoms with Gasteiger partial charge in [0.1, 0.15) is 12.4 Å². The second kappa shape index (κ2) is 9.71. The van der Waals surface area contributed by atoms with E-state index in [4.69, 9.17) is 9.84 Å². The van der Waals surface area contributed by atoms with Gasteiger partial charge in [0.25, 0.3) is 0 Å². The second-order valence-electron chi connectivity index (χ2n) is 5.97. The van der Waals surface area contributed by atoms with E-state index in [1.807, 2.05) is 72.8 Å². The third-order valence-corrected chi connectivity index (χ3v) is 4.33. The van der Waals surface area contributed by atoms with Gasteiger partial charge in [-0.15, -0.1) is 0 Å². The molecule has 0 saturated carbocycles. The highest BCUT2D eigenvalue weighted by Gasteiger charge is 2.01. The van der Waals surface area contributed by atoms with Crippen LogP contribution < -0.4 is 4.74 Å². The van der Waals surface area contributed by atoms with Crippen molar-refractivity contribution in [3.8, 4) is 16.9 Å². The van der Waals surface area contributed by atoms with Crippen LogP contribution in [0.3, 0.4) is 0 Å². The molecule has 3 rings (SSSR count). The molecule has 0 heterocycles. The molecule has 142 valence electrons. The molecule has 0 spiro atoms. The standard InChI is InChI=1S/C22H18BrNO4/c23-20-6-2-4-17(12-20)14-27-21-9-7-18(8-10-21)19-5-1-3-16(11-19)13-24-28-15-22(25)26/h1-13H,14-15H2,(H,25,26). The zero-order valence-electron chi connectivity index (χ0n) is 14.9. The van der Waals surface area contributed by atoms with E-state index >= 15 is 0 Å². The maximum absolute atomic E-state index is 10.4. The van der Waals surface area contributed by atoms with Crippen molar-refractivity contribution in [3.63, 3.8) is 0 Å². The highest BCUT2D eigenvalue weighted by molar-refractivity contribution is 9.10. The second-order valence-corrected chi connectivity index (χ2v) is 6.89. The number of aliphatic carboxylic acids is 1. The van der Waals surface area contributed by atoms with Crippen molar-refractivity contribution in [2.45, 2.75) is 6.61 Å². The summed E-state index contributed by atoms with van der Waals surface area (Å²) in [5.74, 6) is -0.267. The van der Waals surface area contributed by atoms with Crippen LogP contribution in [0, 0.1) is 0 Å². The van der Waals surface area contributed by atoms with Gasteiger partial charge in [0, 0.05) is 4.47 Å². The molecule has 0 aliphatic heterocycles. The van der Waals surface area contributed by atoms with Gasteiger partial charge in [-0.3, -0.25) is 0 Å². The van der Waals surface area contributed by atoms with E-state index in [0.717, 1.165) is 32.5 Å². The number of carboxylic acids is 1. The molecule has 0 bridgehead atoms. The summed E-state index contributed by atoms with van der Waals surface area (Å²) in [5.41, 5.74) is 3.96. The van der Waals surface area contributed by atoms with Crippen molar-refractivity contribution in [1.82, 2.24) is 0 Å². The average molecular weight is 440 g/mol. The molecular formula is C22H18BrNO4. The molecule has 3 aromatic carbocycles. The quantitative estimate of drug-likeness (QED) is 0.390. The average Bonchev–Trinajstić information content (AvgIpc) is 2.70. The van der Waals surface area contributed by atoms with Gasteiger partial charge < -0.3 is 14.7 Å². The molecule has 0 aliphatic rings. The molecule has 0 fully saturated rings. The molecule has 0 saturated heterocycles. The van der Waals surface area contributed by atoms with E-state index in [9.17, 15) is 4.79 Å². The van der Waals surface area contributed by atoms with Gasteiger partial charge in [-0.05, 0) is 52.6 Å². The van der Waals surface area contributed by atoms with E-state index in [-0.39, 0.29) is 0 Å². The van der Waals surface area contributed by atoms with Crippen LogP contribution in [-0.2, 0) is 16.2 Å². The first-order chi connectivity index (χ1) is 13.6. The lowest BCUT2D eigenvalue weighted by atomic mass is 10.0. The Morgan fingerprint density at radius 1 is 1.00 bits per heavy atom. The highest BCUT2D eigenvalue weighted by atomic mass is 79.9. The van der Waals surface area contributed by atoms with E-state index in [0.29, 0.717) is 6.61 Å². The van der Waals surface area contributed by atoms with Gasteiger partial charge in [-0.1, -0.05) is 63.6 Å². The molecule has 28 heavy (non-hydrogen) atoms. The Hall–Kier alpha value is -3.12. The molecule has 3 aromatic rings. The normalized spacial score (nSPS) is 10.8. The van der Waals surface area contributed by atoms with Gasteiger partial charge >= 0.3 is 5.97 Å². The Morgan fingerprint density at radius 3 is 2.54 bits per heavy atom. The summed E-state index contributed by atoms with van der Waals surface area (Å²) in [7, 11) is 0. The zero-order valence-corrected chi connectivity index (χ0v) is 16.5. The van der Waals surface area contributed by atoms with Gasteiger partial charge in [0.05, 0.1) is 6.21 Å². The minimum atomic E-state index is -1.06. The predicted octanol–water partition coefficient (Wildman–Crippen LogP) is 5.13. The SMILES string of the molecule is O=C(O)CON=Cc1cccc(-c2ccc(OCc3cccc(Br)c3)cc2)c1. The number of rotatable bonds is 8. The van der Waals surface area contributed by atoms with Crippen LogP contribution in [0.4, 0.5) is 0 Å².